The van der Waals surface area contributed by atoms with Crippen molar-refractivity contribution in [3.8, 4) is 11.5 Å². The van der Waals surface area contributed by atoms with Gasteiger partial charge in [0.2, 0.25) is 5.91 Å². The maximum atomic E-state index is 12.4. The van der Waals surface area contributed by atoms with Crippen molar-refractivity contribution >= 4 is 29.6 Å². The number of ether oxygens (including phenoxy) is 2. The summed E-state index contributed by atoms with van der Waals surface area (Å²) in [5.41, 5.74) is 1.21. The van der Waals surface area contributed by atoms with E-state index in [4.69, 9.17) is 19.1 Å². The number of nitrogens with one attached hydrogen (secondary N) is 1. The molecule has 1 N–H and O–H groups in total. The molecule has 3 aromatic carbocycles. The highest BCUT2D eigenvalue weighted by atomic mass is 17.0. The minimum Gasteiger partial charge on any atom is -0.393 e. The minimum absolute atomic E-state index is 0.193. The Labute approximate surface area is 190 Å². The zero-order chi connectivity index (χ0) is 23.6. The average molecular weight is 450 g/mol. The van der Waals surface area contributed by atoms with Gasteiger partial charge in [-0.1, -0.05) is 49.4 Å². The number of rotatable bonds is 7. The molecule has 0 bridgehead atoms. The van der Waals surface area contributed by atoms with E-state index in [1.165, 1.54) is 6.92 Å². The van der Waals surface area contributed by atoms with E-state index in [1.54, 1.807) is 78.9 Å². The van der Waals surface area contributed by atoms with Gasteiger partial charge in [-0.3, -0.25) is 14.5 Å². The van der Waals surface area contributed by atoms with Crippen molar-refractivity contribution in [1.82, 2.24) is 0 Å². The lowest BCUT2D eigenvalue weighted by Crippen LogP contribution is -2.33. The van der Waals surface area contributed by atoms with Crippen LogP contribution in [0, 0.1) is 0 Å². The van der Waals surface area contributed by atoms with E-state index in [9.17, 15) is 14.4 Å². The number of carbonyl (C=O) groups is 3. The van der Waals surface area contributed by atoms with E-state index in [-0.39, 0.29) is 23.1 Å². The lowest BCUT2D eigenvalue weighted by atomic mass is 10.1. The molecule has 1 amide bonds. The Morgan fingerprint density at radius 1 is 0.758 bits per heavy atom. The van der Waals surface area contributed by atoms with Crippen molar-refractivity contribution in [1.29, 1.82) is 0 Å². The van der Waals surface area contributed by atoms with Gasteiger partial charge in [-0.25, -0.2) is 9.59 Å². The summed E-state index contributed by atoms with van der Waals surface area (Å²) in [7, 11) is 0. The van der Waals surface area contributed by atoms with Crippen molar-refractivity contribution in [2.75, 3.05) is 10.5 Å². The third-order valence-corrected chi connectivity index (χ3v) is 4.22. The first-order chi connectivity index (χ1) is 16.0. The Morgan fingerprint density at radius 2 is 1.27 bits per heavy atom. The first-order valence-electron chi connectivity index (χ1n) is 10.1. The number of carbonyl (C=O) groups excluding carboxylic acids is 3. The average Bonchev–Trinajstić information content (AvgIpc) is 2.79. The van der Waals surface area contributed by atoms with Gasteiger partial charge in [-0.05, 0) is 48.0 Å². The number of para-hydroxylation sites is 2. The number of amides is 1. The van der Waals surface area contributed by atoms with Gasteiger partial charge in [0.1, 0.15) is 17.2 Å². The highest BCUT2D eigenvalue weighted by Gasteiger charge is 2.25. The van der Waals surface area contributed by atoms with Crippen molar-refractivity contribution in [3.63, 3.8) is 0 Å². The monoisotopic (exact) mass is 450 g/mol. The zero-order valence-electron chi connectivity index (χ0n) is 18.0. The predicted molar refractivity (Wildman–Crippen MR) is 120 cm³/mol. The summed E-state index contributed by atoms with van der Waals surface area (Å²) in [6.07, 6.45) is -1.89. The molecule has 0 aliphatic rings. The van der Waals surface area contributed by atoms with Gasteiger partial charge in [0.25, 0.3) is 0 Å². The third kappa shape index (κ3) is 6.73. The molecule has 33 heavy (non-hydrogen) atoms. The number of benzene rings is 3. The molecule has 9 nitrogen and oxygen atoms in total. The molecule has 0 atom stereocenters. The van der Waals surface area contributed by atoms with E-state index in [2.05, 4.69) is 5.32 Å². The molecule has 3 rings (SSSR count). The number of nitrogens with zero attached hydrogens (tertiary/aromatic N) is 1. The van der Waals surface area contributed by atoms with E-state index < -0.39 is 12.3 Å². The Balaban J connectivity index is 1.86. The normalized spacial score (nSPS) is 10.0. The highest BCUT2D eigenvalue weighted by molar-refractivity contribution is 5.90. The standard InChI is InChI=1S/C24H22N2O7/c1-3-20-21(25-17(2)27)15-10-16-22(20)26(32-23(28)30-18-11-6-4-7-12-18)33-24(29)31-19-13-8-5-9-14-19/h4-16H,3H2,1-2H3,(H,25,27). The minimum atomic E-state index is -1.15. The Hall–Kier alpha value is -4.53. The van der Waals surface area contributed by atoms with Crippen molar-refractivity contribution < 1.29 is 33.5 Å². The maximum absolute atomic E-state index is 12.4. The van der Waals surface area contributed by atoms with Gasteiger partial charge in [-0.2, -0.15) is 0 Å². The van der Waals surface area contributed by atoms with Gasteiger partial charge in [0, 0.05) is 18.2 Å². The van der Waals surface area contributed by atoms with Crippen LogP contribution in [0.3, 0.4) is 0 Å². The van der Waals surface area contributed by atoms with Crippen LogP contribution in [0.2, 0.25) is 0 Å². The molecule has 9 heteroatoms. The largest absolute Gasteiger partial charge is 0.541 e. The molecule has 0 fully saturated rings. The van der Waals surface area contributed by atoms with Crippen LogP contribution >= 0.6 is 0 Å². The molecule has 0 saturated carbocycles. The van der Waals surface area contributed by atoms with Gasteiger partial charge >= 0.3 is 12.3 Å². The number of hydrogen-bond acceptors (Lipinski definition) is 8. The fourth-order valence-corrected chi connectivity index (χ4v) is 2.88. The summed E-state index contributed by atoms with van der Waals surface area (Å²) >= 11 is 0. The molecular weight excluding hydrogens is 428 g/mol. The second kappa shape index (κ2) is 11.2. The maximum Gasteiger partial charge on any atom is 0.541 e. The fourth-order valence-electron chi connectivity index (χ4n) is 2.88. The van der Waals surface area contributed by atoms with Crippen LogP contribution in [0.25, 0.3) is 0 Å². The van der Waals surface area contributed by atoms with E-state index in [0.29, 0.717) is 22.9 Å². The molecule has 3 aromatic rings. The van der Waals surface area contributed by atoms with Crippen LogP contribution in [0.5, 0.6) is 11.5 Å². The second-order valence-corrected chi connectivity index (χ2v) is 6.61. The molecule has 170 valence electrons. The molecule has 0 spiro atoms. The summed E-state index contributed by atoms with van der Waals surface area (Å²) in [5, 5.41) is 3.29. The first-order valence-corrected chi connectivity index (χ1v) is 10.1. The SMILES string of the molecule is CCc1c(NC(C)=O)cccc1N(OC(=O)Oc1ccccc1)OC(=O)Oc1ccccc1. The second-order valence-electron chi connectivity index (χ2n) is 6.61. The van der Waals surface area contributed by atoms with E-state index in [1.807, 2.05) is 6.92 Å². The lowest BCUT2D eigenvalue weighted by Gasteiger charge is -2.23. The molecule has 0 radical (unpaired) electrons. The van der Waals surface area contributed by atoms with Crippen molar-refractivity contribution in [2.45, 2.75) is 20.3 Å². The Morgan fingerprint density at radius 3 is 1.73 bits per heavy atom. The van der Waals surface area contributed by atoms with Crippen LogP contribution < -0.4 is 20.0 Å². The van der Waals surface area contributed by atoms with Gasteiger partial charge < -0.3 is 14.8 Å². The number of hydrogen-bond donors (Lipinski definition) is 1. The molecule has 0 aromatic heterocycles. The summed E-state index contributed by atoms with van der Waals surface area (Å²) < 4.78 is 10.3. The van der Waals surface area contributed by atoms with Gasteiger partial charge in [-0.15, -0.1) is 0 Å². The Kier molecular flexibility index (Phi) is 7.85. The summed E-state index contributed by atoms with van der Waals surface area (Å²) in [6, 6.07) is 21.3. The van der Waals surface area contributed by atoms with E-state index in [0.717, 1.165) is 0 Å². The predicted octanol–water partition coefficient (Wildman–Crippen LogP) is 5.28. The van der Waals surface area contributed by atoms with E-state index >= 15 is 0 Å². The molecule has 0 aliphatic heterocycles. The van der Waals surface area contributed by atoms with Crippen molar-refractivity contribution in [2.24, 2.45) is 0 Å². The molecule has 0 saturated heterocycles. The summed E-state index contributed by atoms with van der Waals surface area (Å²) in [4.78, 5) is 46.8. The summed E-state index contributed by atoms with van der Waals surface area (Å²) in [6.45, 7) is 3.19. The number of anilines is 2. The topological polar surface area (TPSA) is 103 Å². The van der Waals surface area contributed by atoms with Crippen LogP contribution in [0.4, 0.5) is 21.0 Å². The quantitative estimate of drug-likeness (QED) is 0.295. The summed E-state index contributed by atoms with van der Waals surface area (Å²) in [5.74, 6) is 0.177. The molecule has 0 aliphatic carbocycles. The van der Waals surface area contributed by atoms with Crippen LogP contribution in [0.15, 0.2) is 78.9 Å². The van der Waals surface area contributed by atoms with Crippen LogP contribution in [-0.2, 0) is 20.9 Å². The molecular formula is C24H22N2O7. The molecule has 0 heterocycles. The van der Waals surface area contributed by atoms with Crippen molar-refractivity contribution in [3.05, 3.63) is 84.4 Å². The van der Waals surface area contributed by atoms with Gasteiger partial charge in [0.05, 0.1) is 0 Å². The van der Waals surface area contributed by atoms with Gasteiger partial charge in [0.15, 0.2) is 0 Å². The Bertz CT molecular complexity index is 1050. The van der Waals surface area contributed by atoms with Crippen LogP contribution in [-0.4, -0.2) is 18.2 Å². The fraction of sp³-hybridized carbons (Fsp3) is 0.125. The molecule has 0 unspecified atom stereocenters. The third-order valence-electron chi connectivity index (χ3n) is 4.22. The highest BCUT2D eigenvalue weighted by Crippen LogP contribution is 2.29. The first kappa shape index (κ1) is 23.1. The lowest BCUT2D eigenvalue weighted by molar-refractivity contribution is -0.114. The van der Waals surface area contributed by atoms with Crippen LogP contribution in [0.1, 0.15) is 19.4 Å². The zero-order valence-corrected chi connectivity index (χ0v) is 18.0. The smallest absolute Gasteiger partial charge is 0.393 e.